The molecule has 3 heteroatoms. The second-order valence-corrected chi connectivity index (χ2v) is 6.00. The summed E-state index contributed by atoms with van der Waals surface area (Å²) in [6.07, 6.45) is 7.74. The molecule has 2 fully saturated rings. The zero-order valence-corrected chi connectivity index (χ0v) is 11.0. The number of carbonyl (C=O) groups is 1. The van der Waals surface area contributed by atoms with Gasteiger partial charge in [0.25, 0.3) is 0 Å². The van der Waals surface area contributed by atoms with E-state index in [2.05, 4.69) is 6.58 Å². The minimum Gasteiger partial charge on any atom is -0.481 e. The van der Waals surface area contributed by atoms with Crippen LogP contribution in [0.1, 0.15) is 57.8 Å². The minimum atomic E-state index is -0.754. The molecule has 0 aromatic carbocycles. The summed E-state index contributed by atoms with van der Waals surface area (Å²) in [5, 5.41) is 19.5. The van der Waals surface area contributed by atoms with E-state index in [1.807, 2.05) is 0 Å². The summed E-state index contributed by atoms with van der Waals surface area (Å²) in [7, 11) is 0. The van der Waals surface area contributed by atoms with Crippen LogP contribution in [0.25, 0.3) is 0 Å². The molecule has 0 radical (unpaired) electrons. The van der Waals surface area contributed by atoms with Gasteiger partial charge in [-0.15, -0.1) is 0 Å². The van der Waals surface area contributed by atoms with Crippen LogP contribution in [-0.2, 0) is 4.79 Å². The SMILES string of the molecule is C=C1CCCCC1(CC(=O)O)C1CCCCC1O. The number of hydrogen-bond acceptors (Lipinski definition) is 2. The van der Waals surface area contributed by atoms with Gasteiger partial charge in [0.05, 0.1) is 12.5 Å². The number of rotatable bonds is 3. The minimum absolute atomic E-state index is 0.107. The fourth-order valence-corrected chi connectivity index (χ4v) is 4.02. The maximum Gasteiger partial charge on any atom is 0.304 e. The number of aliphatic hydroxyl groups is 1. The fraction of sp³-hybridized carbons (Fsp3) is 0.800. The molecule has 3 unspecified atom stereocenters. The highest BCUT2D eigenvalue weighted by atomic mass is 16.4. The smallest absolute Gasteiger partial charge is 0.304 e. The van der Waals surface area contributed by atoms with Crippen molar-refractivity contribution in [3.05, 3.63) is 12.2 Å². The first-order chi connectivity index (χ1) is 8.56. The van der Waals surface area contributed by atoms with E-state index in [1.54, 1.807) is 0 Å². The highest BCUT2D eigenvalue weighted by Crippen LogP contribution is 2.52. The third kappa shape index (κ3) is 2.46. The summed E-state index contributed by atoms with van der Waals surface area (Å²) in [6.45, 7) is 4.16. The summed E-state index contributed by atoms with van der Waals surface area (Å²) in [5.74, 6) is -0.647. The quantitative estimate of drug-likeness (QED) is 0.759. The van der Waals surface area contributed by atoms with Crippen LogP contribution < -0.4 is 0 Å². The van der Waals surface area contributed by atoms with Crippen LogP contribution in [0.2, 0.25) is 0 Å². The maximum absolute atomic E-state index is 11.2. The van der Waals surface area contributed by atoms with Crippen molar-refractivity contribution in [3.8, 4) is 0 Å². The van der Waals surface area contributed by atoms with E-state index < -0.39 is 5.97 Å². The van der Waals surface area contributed by atoms with E-state index in [0.29, 0.717) is 0 Å². The number of aliphatic carboxylic acids is 1. The Morgan fingerprint density at radius 1 is 1.28 bits per heavy atom. The van der Waals surface area contributed by atoms with Crippen molar-refractivity contribution in [2.45, 2.75) is 63.9 Å². The van der Waals surface area contributed by atoms with Crippen LogP contribution in [-0.4, -0.2) is 22.3 Å². The van der Waals surface area contributed by atoms with Crippen molar-refractivity contribution in [2.75, 3.05) is 0 Å². The second-order valence-electron chi connectivity index (χ2n) is 6.00. The van der Waals surface area contributed by atoms with E-state index in [9.17, 15) is 15.0 Å². The molecular formula is C15H24O3. The zero-order valence-electron chi connectivity index (χ0n) is 11.0. The first-order valence-corrected chi connectivity index (χ1v) is 7.14. The molecule has 0 amide bonds. The molecule has 0 saturated heterocycles. The van der Waals surface area contributed by atoms with E-state index >= 15 is 0 Å². The Morgan fingerprint density at radius 3 is 2.61 bits per heavy atom. The normalized spacial score (nSPS) is 37.5. The van der Waals surface area contributed by atoms with E-state index in [-0.39, 0.29) is 23.9 Å². The molecule has 0 aromatic heterocycles. The summed E-state index contributed by atoms with van der Waals surface area (Å²) >= 11 is 0. The summed E-state index contributed by atoms with van der Waals surface area (Å²) in [6, 6.07) is 0. The standard InChI is InChI=1S/C15H24O3/c1-11-6-4-5-9-15(11,10-14(17)18)12-7-2-3-8-13(12)16/h12-13,16H,1-10H2,(H,17,18). The summed E-state index contributed by atoms with van der Waals surface area (Å²) < 4.78 is 0. The van der Waals surface area contributed by atoms with Gasteiger partial charge in [0.15, 0.2) is 0 Å². The van der Waals surface area contributed by atoms with Crippen LogP contribution >= 0.6 is 0 Å². The Labute approximate surface area is 109 Å². The fourth-order valence-electron chi connectivity index (χ4n) is 4.02. The lowest BCUT2D eigenvalue weighted by molar-refractivity contribution is -0.142. The van der Waals surface area contributed by atoms with Crippen molar-refractivity contribution in [1.82, 2.24) is 0 Å². The van der Waals surface area contributed by atoms with Crippen molar-refractivity contribution in [1.29, 1.82) is 0 Å². The Balaban J connectivity index is 2.27. The van der Waals surface area contributed by atoms with Gasteiger partial charge < -0.3 is 10.2 Å². The Morgan fingerprint density at radius 2 is 2.00 bits per heavy atom. The van der Waals surface area contributed by atoms with Gasteiger partial charge in [-0.1, -0.05) is 31.4 Å². The third-order valence-corrected chi connectivity index (χ3v) is 4.96. The van der Waals surface area contributed by atoms with E-state index in [1.165, 1.54) is 0 Å². The zero-order chi connectivity index (χ0) is 13.2. The lowest BCUT2D eigenvalue weighted by Gasteiger charge is -2.48. The van der Waals surface area contributed by atoms with Gasteiger partial charge in [0.2, 0.25) is 0 Å². The molecule has 0 heterocycles. The molecule has 3 nitrogen and oxygen atoms in total. The van der Waals surface area contributed by atoms with Gasteiger partial charge in [-0.05, 0) is 38.0 Å². The van der Waals surface area contributed by atoms with Crippen LogP contribution in [0, 0.1) is 11.3 Å². The summed E-state index contributed by atoms with van der Waals surface area (Å²) in [4.78, 5) is 11.2. The van der Waals surface area contributed by atoms with Crippen LogP contribution in [0.15, 0.2) is 12.2 Å². The van der Waals surface area contributed by atoms with E-state index in [0.717, 1.165) is 56.9 Å². The predicted octanol–water partition coefficient (Wildman–Crippen LogP) is 3.13. The summed E-state index contributed by atoms with van der Waals surface area (Å²) in [5.41, 5.74) is 0.728. The molecule has 0 spiro atoms. The third-order valence-electron chi connectivity index (χ3n) is 4.96. The number of carboxylic acids is 1. The Hall–Kier alpha value is -0.830. The van der Waals surface area contributed by atoms with Gasteiger partial charge >= 0.3 is 5.97 Å². The van der Waals surface area contributed by atoms with Gasteiger partial charge in [-0.2, -0.15) is 0 Å². The van der Waals surface area contributed by atoms with Crippen LogP contribution in [0.5, 0.6) is 0 Å². The number of allylic oxidation sites excluding steroid dienone is 1. The second kappa shape index (κ2) is 5.43. The van der Waals surface area contributed by atoms with Crippen molar-refractivity contribution >= 4 is 5.97 Å². The predicted molar refractivity (Wildman–Crippen MR) is 70.3 cm³/mol. The van der Waals surface area contributed by atoms with Gasteiger partial charge in [0.1, 0.15) is 0 Å². The van der Waals surface area contributed by atoms with Crippen molar-refractivity contribution < 1.29 is 15.0 Å². The van der Waals surface area contributed by atoms with Gasteiger partial charge in [-0.3, -0.25) is 4.79 Å². The highest BCUT2D eigenvalue weighted by Gasteiger charge is 2.47. The lowest BCUT2D eigenvalue weighted by Crippen LogP contribution is -2.44. The first-order valence-electron chi connectivity index (χ1n) is 7.14. The Kier molecular flexibility index (Phi) is 4.10. The lowest BCUT2D eigenvalue weighted by atomic mass is 9.57. The average Bonchev–Trinajstić information content (AvgIpc) is 2.32. The van der Waals surface area contributed by atoms with Gasteiger partial charge in [0, 0.05) is 5.41 Å². The van der Waals surface area contributed by atoms with Crippen LogP contribution in [0.3, 0.4) is 0 Å². The average molecular weight is 252 g/mol. The molecule has 18 heavy (non-hydrogen) atoms. The molecule has 2 saturated carbocycles. The van der Waals surface area contributed by atoms with Crippen LogP contribution in [0.4, 0.5) is 0 Å². The molecule has 2 rings (SSSR count). The van der Waals surface area contributed by atoms with Crippen molar-refractivity contribution in [3.63, 3.8) is 0 Å². The molecular weight excluding hydrogens is 228 g/mol. The highest BCUT2D eigenvalue weighted by molar-refractivity contribution is 5.68. The molecule has 2 N–H and O–H groups in total. The molecule has 2 aliphatic rings. The molecule has 3 atom stereocenters. The molecule has 0 bridgehead atoms. The topological polar surface area (TPSA) is 57.5 Å². The number of aliphatic hydroxyl groups excluding tert-OH is 1. The molecule has 102 valence electrons. The molecule has 0 aliphatic heterocycles. The number of hydrogen-bond donors (Lipinski definition) is 2. The molecule has 0 aromatic rings. The molecule has 2 aliphatic carbocycles. The maximum atomic E-state index is 11.2. The van der Waals surface area contributed by atoms with Crippen molar-refractivity contribution in [2.24, 2.45) is 11.3 Å². The first kappa shape index (κ1) is 13.6. The Bertz CT molecular complexity index is 337. The largest absolute Gasteiger partial charge is 0.481 e. The van der Waals surface area contributed by atoms with Gasteiger partial charge in [-0.25, -0.2) is 0 Å². The van der Waals surface area contributed by atoms with E-state index in [4.69, 9.17) is 0 Å². The number of carboxylic acid groups (broad SMARTS) is 1. The monoisotopic (exact) mass is 252 g/mol.